The van der Waals surface area contributed by atoms with Crippen molar-refractivity contribution >= 4 is 12.2 Å². The molecule has 0 unspecified atom stereocenters. The van der Waals surface area contributed by atoms with Crippen molar-refractivity contribution in [3.63, 3.8) is 0 Å². The van der Waals surface area contributed by atoms with Gasteiger partial charge >= 0.3 is 0 Å². The summed E-state index contributed by atoms with van der Waals surface area (Å²) in [5.74, 6) is -0.275. The van der Waals surface area contributed by atoms with E-state index in [-0.39, 0.29) is 11.4 Å². The number of aromatic nitrogens is 2. The molecule has 1 heterocycles. The van der Waals surface area contributed by atoms with Crippen LogP contribution in [0.5, 0.6) is 0 Å². The first kappa shape index (κ1) is 10.8. The highest BCUT2D eigenvalue weighted by atomic mass is 32.1. The van der Waals surface area contributed by atoms with Gasteiger partial charge in [0.1, 0.15) is 5.82 Å². The van der Waals surface area contributed by atoms with E-state index in [0.717, 1.165) is 5.56 Å². The molecule has 16 heavy (non-hydrogen) atoms. The molecule has 2 aromatic rings. The average Bonchev–Trinajstić information content (AvgIpc) is 2.20. The lowest BCUT2D eigenvalue weighted by atomic mass is 10.1. The molecule has 0 bridgehead atoms. The van der Waals surface area contributed by atoms with Crippen LogP contribution in [0.1, 0.15) is 11.3 Å². The summed E-state index contributed by atoms with van der Waals surface area (Å²) >= 11 is 4.85. The van der Waals surface area contributed by atoms with E-state index in [1.54, 1.807) is 12.1 Å². The van der Waals surface area contributed by atoms with E-state index in [2.05, 4.69) is 9.97 Å². The summed E-state index contributed by atoms with van der Waals surface area (Å²) in [5.41, 5.74) is 1.39. The van der Waals surface area contributed by atoms with E-state index in [4.69, 9.17) is 12.2 Å². The van der Waals surface area contributed by atoms with Crippen LogP contribution < -0.4 is 5.56 Å². The van der Waals surface area contributed by atoms with E-state index in [1.165, 1.54) is 18.2 Å². The molecule has 0 amide bonds. The fourth-order valence-corrected chi connectivity index (χ4v) is 1.67. The lowest BCUT2D eigenvalue weighted by molar-refractivity contribution is 0.627. The third-order valence-corrected chi connectivity index (χ3v) is 2.33. The van der Waals surface area contributed by atoms with Gasteiger partial charge < -0.3 is 4.98 Å². The molecule has 1 aromatic carbocycles. The van der Waals surface area contributed by atoms with Gasteiger partial charge in [-0.2, -0.15) is 0 Å². The molecule has 0 saturated heterocycles. The molecule has 0 fully saturated rings. The second kappa shape index (κ2) is 4.40. The number of aromatic amines is 2. The Morgan fingerprint density at radius 2 is 1.88 bits per heavy atom. The SMILES string of the molecule is O=c1cc(Cc2ccc(F)cc2)[nH]c(=S)[nH]1. The molecular weight excluding hydrogens is 227 g/mol. The van der Waals surface area contributed by atoms with Gasteiger partial charge in [0.15, 0.2) is 4.77 Å². The van der Waals surface area contributed by atoms with Crippen molar-refractivity contribution in [3.8, 4) is 0 Å². The normalized spacial score (nSPS) is 10.3. The van der Waals surface area contributed by atoms with E-state index in [1.807, 2.05) is 0 Å². The summed E-state index contributed by atoms with van der Waals surface area (Å²) < 4.78 is 13.0. The summed E-state index contributed by atoms with van der Waals surface area (Å²) in [6.45, 7) is 0. The minimum atomic E-state index is -0.275. The van der Waals surface area contributed by atoms with Gasteiger partial charge in [-0.1, -0.05) is 12.1 Å². The van der Waals surface area contributed by atoms with Crippen molar-refractivity contribution in [1.29, 1.82) is 0 Å². The van der Waals surface area contributed by atoms with Crippen LogP contribution >= 0.6 is 12.2 Å². The van der Waals surface area contributed by atoms with E-state index < -0.39 is 0 Å². The predicted molar refractivity (Wildman–Crippen MR) is 61.5 cm³/mol. The van der Waals surface area contributed by atoms with E-state index in [0.29, 0.717) is 16.9 Å². The van der Waals surface area contributed by atoms with Crippen molar-refractivity contribution < 1.29 is 4.39 Å². The van der Waals surface area contributed by atoms with Gasteiger partial charge in [-0.25, -0.2) is 4.39 Å². The minimum Gasteiger partial charge on any atom is -0.336 e. The standard InChI is InChI=1S/C11H9FN2OS/c12-8-3-1-7(2-4-8)5-9-6-10(15)14-11(16)13-9/h1-4,6H,5H2,(H2,13,14,15,16). The minimum absolute atomic E-state index is 0.235. The van der Waals surface area contributed by atoms with E-state index >= 15 is 0 Å². The molecule has 0 saturated carbocycles. The Morgan fingerprint density at radius 1 is 1.19 bits per heavy atom. The van der Waals surface area contributed by atoms with Gasteiger partial charge in [0, 0.05) is 18.2 Å². The Kier molecular flexibility index (Phi) is 2.96. The van der Waals surface area contributed by atoms with Gasteiger partial charge in [0.25, 0.3) is 5.56 Å². The largest absolute Gasteiger partial charge is 0.336 e. The fraction of sp³-hybridized carbons (Fsp3) is 0.0909. The van der Waals surface area contributed by atoms with Gasteiger partial charge in [-0.05, 0) is 29.9 Å². The number of benzene rings is 1. The number of hydrogen-bond acceptors (Lipinski definition) is 2. The van der Waals surface area contributed by atoms with Crippen molar-refractivity contribution in [1.82, 2.24) is 9.97 Å². The van der Waals surface area contributed by atoms with Crippen LogP contribution in [0.3, 0.4) is 0 Å². The Balaban J connectivity index is 2.30. The zero-order chi connectivity index (χ0) is 11.5. The monoisotopic (exact) mass is 236 g/mol. The van der Waals surface area contributed by atoms with Crippen molar-refractivity contribution in [3.05, 3.63) is 62.5 Å². The second-order valence-electron chi connectivity index (χ2n) is 3.42. The van der Waals surface area contributed by atoms with Crippen molar-refractivity contribution in [2.24, 2.45) is 0 Å². The third kappa shape index (κ3) is 2.64. The van der Waals surface area contributed by atoms with Crippen LogP contribution in [0, 0.1) is 10.6 Å². The Labute approximate surface area is 96.0 Å². The molecule has 0 aliphatic rings. The first-order chi connectivity index (χ1) is 7.63. The quantitative estimate of drug-likeness (QED) is 0.785. The molecule has 1 aromatic heterocycles. The lowest BCUT2D eigenvalue weighted by Crippen LogP contribution is -2.08. The molecule has 0 radical (unpaired) electrons. The molecular formula is C11H9FN2OS. The van der Waals surface area contributed by atoms with Crippen LogP contribution in [0.2, 0.25) is 0 Å². The van der Waals surface area contributed by atoms with Gasteiger partial charge in [-0.3, -0.25) is 9.78 Å². The van der Waals surface area contributed by atoms with Crippen LogP contribution in [0.25, 0.3) is 0 Å². The molecule has 2 N–H and O–H groups in total. The van der Waals surface area contributed by atoms with Crippen LogP contribution in [0.4, 0.5) is 4.39 Å². The highest BCUT2D eigenvalue weighted by Crippen LogP contribution is 2.07. The topological polar surface area (TPSA) is 48.6 Å². The Morgan fingerprint density at radius 3 is 2.50 bits per heavy atom. The van der Waals surface area contributed by atoms with Crippen molar-refractivity contribution in [2.45, 2.75) is 6.42 Å². The zero-order valence-electron chi connectivity index (χ0n) is 8.29. The first-order valence-electron chi connectivity index (χ1n) is 4.70. The van der Waals surface area contributed by atoms with Crippen LogP contribution in [0.15, 0.2) is 35.1 Å². The molecule has 0 aliphatic heterocycles. The summed E-state index contributed by atoms with van der Waals surface area (Å²) in [4.78, 5) is 16.5. The van der Waals surface area contributed by atoms with Crippen molar-refractivity contribution in [2.75, 3.05) is 0 Å². The molecule has 5 heteroatoms. The summed E-state index contributed by atoms with van der Waals surface area (Å²) in [7, 11) is 0. The lowest BCUT2D eigenvalue weighted by Gasteiger charge is -2.01. The fourth-order valence-electron chi connectivity index (χ4n) is 1.44. The van der Waals surface area contributed by atoms with Crippen LogP contribution in [-0.4, -0.2) is 9.97 Å². The van der Waals surface area contributed by atoms with Gasteiger partial charge in [-0.15, -0.1) is 0 Å². The molecule has 0 spiro atoms. The molecule has 2 rings (SSSR count). The molecule has 82 valence electrons. The maximum atomic E-state index is 12.7. The molecule has 3 nitrogen and oxygen atoms in total. The van der Waals surface area contributed by atoms with E-state index in [9.17, 15) is 9.18 Å². The molecule has 0 aliphatic carbocycles. The maximum Gasteiger partial charge on any atom is 0.251 e. The highest BCUT2D eigenvalue weighted by molar-refractivity contribution is 7.71. The Hall–Kier alpha value is -1.75. The van der Waals surface area contributed by atoms with Gasteiger partial charge in [0.05, 0.1) is 0 Å². The summed E-state index contributed by atoms with van der Waals surface area (Å²) in [5, 5.41) is 0. The summed E-state index contributed by atoms with van der Waals surface area (Å²) in [6, 6.07) is 7.56. The number of nitrogens with one attached hydrogen (secondary N) is 2. The number of rotatable bonds is 2. The first-order valence-corrected chi connectivity index (χ1v) is 5.11. The predicted octanol–water partition coefficient (Wildman–Crippen LogP) is 2.16. The molecule has 0 atom stereocenters. The second-order valence-corrected chi connectivity index (χ2v) is 3.82. The number of hydrogen-bond donors (Lipinski definition) is 2. The smallest absolute Gasteiger partial charge is 0.251 e. The van der Waals surface area contributed by atoms with Gasteiger partial charge in [0.2, 0.25) is 0 Å². The maximum absolute atomic E-state index is 12.7. The third-order valence-electron chi connectivity index (χ3n) is 2.12. The number of H-pyrrole nitrogens is 2. The Bertz CT molecular complexity index is 572. The van der Waals surface area contributed by atoms with Crippen LogP contribution in [-0.2, 0) is 6.42 Å². The summed E-state index contributed by atoms with van der Waals surface area (Å²) in [6.07, 6.45) is 0.522. The zero-order valence-corrected chi connectivity index (χ0v) is 9.10. The number of halogens is 1. The average molecular weight is 236 g/mol. The highest BCUT2D eigenvalue weighted by Gasteiger charge is 1.98.